The van der Waals surface area contributed by atoms with E-state index in [1.807, 2.05) is 104 Å². The van der Waals surface area contributed by atoms with Gasteiger partial charge in [-0.1, -0.05) is 180 Å². The molecule has 77 heavy (non-hydrogen) atoms. The molecular formula is C58H58BrCl11N6O. The van der Waals surface area contributed by atoms with E-state index in [1.165, 1.54) is 11.1 Å². The van der Waals surface area contributed by atoms with Gasteiger partial charge in [0.2, 0.25) is 0 Å². The zero-order valence-electron chi connectivity index (χ0n) is 42.1. The highest BCUT2D eigenvalue weighted by Crippen LogP contribution is 2.38. The molecule has 3 N–H and O–H groups in total. The Kier molecular flexibility index (Phi) is 26.6. The van der Waals surface area contributed by atoms with Crippen molar-refractivity contribution in [3.05, 3.63) is 224 Å². The van der Waals surface area contributed by atoms with Gasteiger partial charge in [0.15, 0.2) is 0 Å². The van der Waals surface area contributed by atoms with Gasteiger partial charge in [-0.25, -0.2) is 0 Å². The van der Waals surface area contributed by atoms with Crippen LogP contribution in [-0.4, -0.2) is 92.6 Å². The van der Waals surface area contributed by atoms with Crippen molar-refractivity contribution >= 4 is 161 Å². The second kappa shape index (κ2) is 32.2. The summed E-state index contributed by atoms with van der Waals surface area (Å²) in [5, 5.41) is 23.6. The standard InChI is InChI=1S/C17H18Cl4N2.C17H17Cl3N2.C16H15Cl3N2.C8H8BrClO/c1-23(9-8-18)11-17(12-2-4-13(19)5-3-12)22-16-7-6-14(20)10-15(16)21;1-21-8-9-22(16-7-6-14(19)10-15(16)20)17(11-21)12-2-4-13(18)5-3-12;17-12-3-1-11(2-4-12)16-10-20-7-8-21(16)15-6-5-13(18)9-14(15)19;9-5-8(11)6-1-3-7(10)4-2-6/h2-7,10,17,22H,8-9,11H2,1H3;2-7,10,17H,8-9,11H2,1H3;1-6,9,16,20H,7-8,10H2;1-4,8,11H,5H2/t2*17-;16-;8-/m0000/s1. The smallest absolute Gasteiger partial charge is 0.0886 e. The highest BCUT2D eigenvalue weighted by Gasteiger charge is 2.29. The molecule has 0 radical (unpaired) electrons. The predicted molar refractivity (Wildman–Crippen MR) is 339 cm³/mol. The fourth-order valence-electron chi connectivity index (χ4n) is 8.63. The number of likely N-dealkylation sites (N-methyl/N-ethyl adjacent to an activating group) is 2. The number of halogens is 12. The summed E-state index contributed by atoms with van der Waals surface area (Å²) in [7, 11) is 4.18. The number of nitrogens with one attached hydrogen (secondary N) is 2. The first-order valence-electron chi connectivity index (χ1n) is 24.5. The van der Waals surface area contributed by atoms with Gasteiger partial charge in [-0.05, 0) is 139 Å². The van der Waals surface area contributed by atoms with E-state index in [1.54, 1.807) is 30.3 Å². The fraction of sp³-hybridized carbons (Fsp3) is 0.276. The minimum Gasteiger partial charge on any atom is -0.388 e. The van der Waals surface area contributed by atoms with Crippen LogP contribution < -0.4 is 20.4 Å². The van der Waals surface area contributed by atoms with Crippen LogP contribution in [0.25, 0.3) is 0 Å². The van der Waals surface area contributed by atoms with E-state index in [2.05, 4.69) is 77.5 Å². The van der Waals surface area contributed by atoms with Gasteiger partial charge in [-0.3, -0.25) is 0 Å². The maximum Gasteiger partial charge on any atom is 0.0886 e. The maximum atomic E-state index is 9.33. The number of nitrogens with zero attached hydrogens (tertiary/aromatic N) is 4. The molecular weight excluding hydrogens is 1270 g/mol. The van der Waals surface area contributed by atoms with E-state index in [-0.39, 0.29) is 18.1 Å². The number of alkyl halides is 2. The molecule has 4 atom stereocenters. The van der Waals surface area contributed by atoms with E-state index >= 15 is 0 Å². The topological polar surface area (TPSA) is 57.2 Å². The minimum atomic E-state index is -0.438. The highest BCUT2D eigenvalue weighted by atomic mass is 79.9. The van der Waals surface area contributed by atoms with Crippen LogP contribution in [0.15, 0.2) is 152 Å². The summed E-state index contributed by atoms with van der Waals surface area (Å²) in [5.41, 5.74) is 7.35. The molecule has 2 saturated heterocycles. The van der Waals surface area contributed by atoms with Crippen molar-refractivity contribution in [2.45, 2.75) is 24.2 Å². The SMILES string of the molecule is CN(CCCl)C[C@H](Nc1ccc(Cl)cc1Cl)c1ccc(Cl)cc1.CN1CCN(c2ccc(Cl)cc2Cl)[C@H](c2ccc(Cl)cc2)C1.Clc1ccc([C@@H]2CNCCN2c2ccc(Cl)cc2Cl)cc1.O[C@@H](CBr)c1ccc(Cl)cc1. The summed E-state index contributed by atoms with van der Waals surface area (Å²) in [5.74, 6) is 0.589. The monoisotopic (exact) mass is 1320 g/mol. The lowest BCUT2D eigenvalue weighted by atomic mass is 10.0. The lowest BCUT2D eigenvalue weighted by Gasteiger charge is -2.42. The van der Waals surface area contributed by atoms with E-state index < -0.39 is 6.10 Å². The van der Waals surface area contributed by atoms with Crippen molar-refractivity contribution in [2.75, 3.05) is 92.8 Å². The Bertz CT molecular complexity index is 2910. The Labute approximate surface area is 517 Å². The third-order valence-corrected chi connectivity index (χ3v) is 16.1. The Morgan fingerprint density at radius 3 is 1.49 bits per heavy atom. The Hall–Kier alpha value is -2.55. The second-order valence-electron chi connectivity index (χ2n) is 18.2. The normalized spacial score (nSPS) is 16.3. The molecule has 7 aromatic rings. The van der Waals surface area contributed by atoms with Crippen molar-refractivity contribution in [1.82, 2.24) is 15.1 Å². The van der Waals surface area contributed by atoms with Gasteiger partial charge >= 0.3 is 0 Å². The Morgan fingerprint density at radius 2 is 1.01 bits per heavy atom. The number of piperazine rings is 2. The van der Waals surface area contributed by atoms with Crippen LogP contribution in [0.1, 0.15) is 46.5 Å². The van der Waals surface area contributed by atoms with Gasteiger partial charge in [-0.2, -0.15) is 0 Å². The van der Waals surface area contributed by atoms with Gasteiger partial charge in [0.1, 0.15) is 0 Å². The van der Waals surface area contributed by atoms with Gasteiger partial charge in [-0.15, -0.1) is 11.6 Å². The molecule has 0 aromatic heterocycles. The largest absolute Gasteiger partial charge is 0.388 e. The summed E-state index contributed by atoms with van der Waals surface area (Å²) in [6.07, 6.45) is -0.438. The second-order valence-corrected chi connectivity index (χ2v) is 23.5. The minimum absolute atomic E-state index is 0.0548. The van der Waals surface area contributed by atoms with Gasteiger partial charge in [0.25, 0.3) is 0 Å². The molecule has 9 rings (SSSR count). The summed E-state index contributed by atoms with van der Waals surface area (Å²) in [6, 6.07) is 48.3. The van der Waals surface area contributed by atoms with Crippen LogP contribution in [-0.2, 0) is 0 Å². The number of benzene rings is 7. The molecule has 2 aliphatic heterocycles. The molecule has 0 unspecified atom stereocenters. The number of aliphatic hydroxyl groups excluding tert-OH is 1. The first-order chi connectivity index (χ1) is 36.9. The van der Waals surface area contributed by atoms with Gasteiger partial charge < -0.3 is 35.3 Å². The molecule has 0 saturated carbocycles. The lowest BCUT2D eigenvalue weighted by Crippen LogP contribution is -2.47. The molecule has 2 aliphatic rings. The maximum absolute atomic E-state index is 9.33. The molecule has 7 nitrogen and oxygen atoms in total. The van der Waals surface area contributed by atoms with E-state index in [0.717, 1.165) is 90.6 Å². The van der Waals surface area contributed by atoms with Crippen molar-refractivity contribution in [3.63, 3.8) is 0 Å². The molecule has 2 fully saturated rings. The van der Waals surface area contributed by atoms with Crippen LogP contribution in [0.5, 0.6) is 0 Å². The van der Waals surface area contributed by atoms with Gasteiger partial charge in [0.05, 0.1) is 56.4 Å². The van der Waals surface area contributed by atoms with Crippen LogP contribution in [0.4, 0.5) is 17.1 Å². The van der Waals surface area contributed by atoms with E-state index in [9.17, 15) is 5.11 Å². The van der Waals surface area contributed by atoms with Gasteiger partial charge in [0, 0.05) is 98.7 Å². The number of hydrogen-bond acceptors (Lipinski definition) is 7. The van der Waals surface area contributed by atoms with Crippen molar-refractivity contribution in [2.24, 2.45) is 0 Å². The summed E-state index contributed by atoms with van der Waals surface area (Å²) < 4.78 is 0. The number of rotatable bonds is 13. The molecule has 2 heterocycles. The quantitative estimate of drug-likeness (QED) is 0.0995. The molecule has 0 bridgehead atoms. The average molecular weight is 1330 g/mol. The number of hydrogen-bond donors (Lipinski definition) is 3. The first-order valence-corrected chi connectivity index (χ1v) is 29.9. The Balaban J connectivity index is 0.000000171. The fourth-order valence-corrected chi connectivity index (χ4v) is 11.3. The zero-order chi connectivity index (χ0) is 55.6. The van der Waals surface area contributed by atoms with Crippen molar-refractivity contribution in [1.29, 1.82) is 0 Å². The summed E-state index contributed by atoms with van der Waals surface area (Å²) in [4.78, 5) is 9.17. The number of anilines is 3. The number of aliphatic hydroxyl groups is 1. The third kappa shape index (κ3) is 19.8. The van der Waals surface area contributed by atoms with Crippen molar-refractivity contribution < 1.29 is 5.11 Å². The summed E-state index contributed by atoms with van der Waals surface area (Å²) >= 11 is 69.7. The van der Waals surface area contributed by atoms with Crippen LogP contribution >= 0.6 is 144 Å². The van der Waals surface area contributed by atoms with E-state index in [0.29, 0.717) is 51.4 Å². The molecule has 410 valence electrons. The lowest BCUT2D eigenvalue weighted by molar-refractivity contribution is 0.205. The van der Waals surface area contributed by atoms with Crippen LogP contribution in [0, 0.1) is 0 Å². The summed E-state index contributed by atoms with van der Waals surface area (Å²) in [6.45, 7) is 7.17. The highest BCUT2D eigenvalue weighted by molar-refractivity contribution is 9.09. The molecule has 7 aromatic carbocycles. The molecule has 19 heteroatoms. The van der Waals surface area contributed by atoms with E-state index in [4.69, 9.17) is 128 Å². The zero-order valence-corrected chi connectivity index (χ0v) is 52.0. The molecule has 0 spiro atoms. The van der Waals surface area contributed by atoms with Crippen LogP contribution in [0.3, 0.4) is 0 Å². The van der Waals surface area contributed by atoms with Crippen LogP contribution in [0.2, 0.25) is 50.2 Å². The molecule has 0 amide bonds. The van der Waals surface area contributed by atoms with Crippen molar-refractivity contribution in [3.8, 4) is 0 Å². The third-order valence-electron chi connectivity index (χ3n) is 12.7. The first kappa shape index (κ1) is 63.6. The Morgan fingerprint density at radius 1 is 0.571 bits per heavy atom. The average Bonchev–Trinajstić information content (AvgIpc) is 3.42. The molecule has 0 aliphatic carbocycles. The predicted octanol–water partition coefficient (Wildman–Crippen LogP) is 18.7.